The zero-order valence-electron chi connectivity index (χ0n) is 21.3. The average molecular weight is 622 g/mol. The summed E-state index contributed by atoms with van der Waals surface area (Å²) < 4.78 is 99.6. The van der Waals surface area contributed by atoms with Gasteiger partial charge in [-0.25, -0.2) is 25.3 Å². The molecule has 0 amide bonds. The van der Waals surface area contributed by atoms with Crippen molar-refractivity contribution in [2.45, 2.75) is 21.6 Å². The SMILES string of the molecule is Cc1ccc(S(=O)(=O)Nc2cc(S(=O)(=O)[O-])cc3cc(S(=O)(=O)[O-])c(N=Nc4ccccc4)c(O)c23)cc1.[Na+].[Na+]. The normalized spacial score (nSPS) is 12.1. The van der Waals surface area contributed by atoms with Crippen molar-refractivity contribution in [3.63, 3.8) is 0 Å². The summed E-state index contributed by atoms with van der Waals surface area (Å²) in [5.74, 6) is -0.993. The molecule has 0 fully saturated rings. The van der Waals surface area contributed by atoms with Crippen LogP contribution in [0.4, 0.5) is 17.1 Å². The van der Waals surface area contributed by atoms with Crippen LogP contribution >= 0.6 is 0 Å². The summed E-state index contributed by atoms with van der Waals surface area (Å²) in [7, 11) is -14.9. The number of aryl methyl sites for hydroxylation is 1. The molecule has 0 spiro atoms. The van der Waals surface area contributed by atoms with Crippen LogP contribution in [-0.4, -0.2) is 39.5 Å². The van der Waals surface area contributed by atoms with E-state index >= 15 is 0 Å². The first-order valence-electron chi connectivity index (χ1n) is 10.5. The third kappa shape index (κ3) is 7.68. The van der Waals surface area contributed by atoms with Crippen molar-refractivity contribution in [1.82, 2.24) is 0 Å². The summed E-state index contributed by atoms with van der Waals surface area (Å²) in [6.07, 6.45) is 0. The molecule has 0 heterocycles. The first kappa shape index (κ1) is 34.3. The van der Waals surface area contributed by atoms with Gasteiger partial charge < -0.3 is 14.2 Å². The molecule has 0 aliphatic heterocycles. The third-order valence-electron chi connectivity index (χ3n) is 5.28. The van der Waals surface area contributed by atoms with Gasteiger partial charge in [0.1, 0.15) is 25.9 Å². The van der Waals surface area contributed by atoms with Crippen molar-refractivity contribution >= 4 is 58.1 Å². The number of hydrogen-bond donors (Lipinski definition) is 2. The summed E-state index contributed by atoms with van der Waals surface area (Å²) in [6, 6.07) is 15.5. The number of benzene rings is 4. The van der Waals surface area contributed by atoms with Gasteiger partial charge in [-0.3, -0.25) is 4.72 Å². The van der Waals surface area contributed by atoms with Crippen molar-refractivity contribution in [2.24, 2.45) is 10.2 Å². The number of nitrogens with zero attached hydrogens (tertiary/aromatic N) is 2. The smallest absolute Gasteiger partial charge is 0.744 e. The largest absolute Gasteiger partial charge is 1.00 e. The standard InChI is InChI=1S/C23H19N3O9S3.2Na/c1-14-7-9-17(10-8-14)36(28,29)26-19-13-18(37(30,31)32)11-15-12-20(38(33,34)35)22(23(27)21(15)19)25-24-16-5-3-2-4-6-16;;/h2-13,26-27H,1H3,(H,30,31,32)(H,33,34,35);;/q;2*+1/p-2. The molecule has 0 saturated heterocycles. The fourth-order valence-corrected chi connectivity index (χ4v) is 5.74. The van der Waals surface area contributed by atoms with E-state index < -0.39 is 67.9 Å². The van der Waals surface area contributed by atoms with Crippen LogP contribution in [0, 0.1) is 6.92 Å². The number of aromatic hydroxyl groups is 1. The summed E-state index contributed by atoms with van der Waals surface area (Å²) in [5.41, 5.74) is -0.411. The Balaban J connectivity index is 0.00000280. The van der Waals surface area contributed by atoms with Crippen LogP contribution in [0.5, 0.6) is 5.75 Å². The molecule has 0 aliphatic carbocycles. The Hall–Kier alpha value is -1.89. The fourth-order valence-electron chi connectivity index (χ4n) is 3.50. The molecule has 4 rings (SSSR count). The predicted octanol–water partition coefficient (Wildman–Crippen LogP) is -2.11. The van der Waals surface area contributed by atoms with E-state index in [4.69, 9.17) is 0 Å². The average Bonchev–Trinajstić information content (AvgIpc) is 2.82. The van der Waals surface area contributed by atoms with Crippen molar-refractivity contribution in [3.05, 3.63) is 78.4 Å². The number of sulfonamides is 1. The molecule has 0 unspecified atom stereocenters. The Morgan fingerprint density at radius 1 is 0.750 bits per heavy atom. The molecule has 0 saturated carbocycles. The van der Waals surface area contributed by atoms with Crippen LogP contribution in [0.15, 0.2) is 97.7 Å². The Bertz CT molecular complexity index is 1920. The van der Waals surface area contributed by atoms with Gasteiger partial charge in [0.05, 0.1) is 31.4 Å². The van der Waals surface area contributed by atoms with Crippen LogP contribution in [0.3, 0.4) is 0 Å². The monoisotopic (exact) mass is 621 g/mol. The van der Waals surface area contributed by atoms with Crippen molar-refractivity contribution in [3.8, 4) is 5.75 Å². The Morgan fingerprint density at radius 2 is 1.35 bits per heavy atom. The van der Waals surface area contributed by atoms with E-state index in [0.29, 0.717) is 18.2 Å². The molecule has 0 aliphatic rings. The number of nitrogens with one attached hydrogen (secondary N) is 1. The number of fused-ring (bicyclic) bond motifs is 1. The molecule has 0 atom stereocenters. The van der Waals surface area contributed by atoms with Gasteiger partial charge in [-0.2, -0.15) is 5.11 Å². The minimum atomic E-state index is -5.33. The molecule has 0 bridgehead atoms. The summed E-state index contributed by atoms with van der Waals surface area (Å²) in [4.78, 5) is -2.25. The van der Waals surface area contributed by atoms with Gasteiger partial charge in [0.15, 0.2) is 5.75 Å². The van der Waals surface area contributed by atoms with E-state index in [1.807, 2.05) is 0 Å². The van der Waals surface area contributed by atoms with Crippen LogP contribution in [-0.2, 0) is 30.3 Å². The van der Waals surface area contributed by atoms with E-state index in [1.54, 1.807) is 25.1 Å². The third-order valence-corrected chi connectivity index (χ3v) is 8.32. The van der Waals surface area contributed by atoms with Crippen LogP contribution < -0.4 is 63.8 Å². The molecular formula is C23H17N3Na2O9S3. The van der Waals surface area contributed by atoms with Crippen LogP contribution in [0.2, 0.25) is 0 Å². The quantitative estimate of drug-likeness (QED) is 0.131. The maximum atomic E-state index is 13.0. The molecule has 4 aromatic rings. The second kappa shape index (κ2) is 13.0. The second-order valence-electron chi connectivity index (χ2n) is 8.00. The number of phenols is 1. The van der Waals surface area contributed by atoms with Gasteiger partial charge in [0.25, 0.3) is 10.0 Å². The van der Waals surface area contributed by atoms with Gasteiger partial charge in [-0.1, -0.05) is 35.9 Å². The maximum Gasteiger partial charge on any atom is 1.00 e. The molecule has 4 aromatic carbocycles. The Kier molecular flexibility index (Phi) is 11.1. The van der Waals surface area contributed by atoms with Gasteiger partial charge in [-0.05, 0) is 54.8 Å². The van der Waals surface area contributed by atoms with E-state index in [1.165, 1.54) is 36.4 Å². The van der Waals surface area contributed by atoms with Gasteiger partial charge in [0, 0.05) is 0 Å². The molecule has 12 nitrogen and oxygen atoms in total. The summed E-state index contributed by atoms with van der Waals surface area (Å²) >= 11 is 0. The fraction of sp³-hybridized carbons (Fsp3) is 0.0435. The first-order chi connectivity index (χ1) is 17.7. The van der Waals surface area contributed by atoms with Crippen molar-refractivity contribution < 1.29 is 98.6 Å². The molecule has 0 aromatic heterocycles. The van der Waals surface area contributed by atoms with Gasteiger partial charge in [-0.15, -0.1) is 5.11 Å². The first-order valence-corrected chi connectivity index (χ1v) is 14.8. The maximum absolute atomic E-state index is 13.0. The predicted molar refractivity (Wildman–Crippen MR) is 134 cm³/mol. The molecular weight excluding hydrogens is 604 g/mol. The molecule has 198 valence electrons. The molecule has 2 N–H and O–H groups in total. The molecule has 17 heteroatoms. The summed E-state index contributed by atoms with van der Waals surface area (Å²) in [6.45, 7) is 1.73. The summed E-state index contributed by atoms with van der Waals surface area (Å²) in [5, 5.41) is 17.7. The van der Waals surface area contributed by atoms with E-state index in [9.17, 15) is 39.5 Å². The second-order valence-corrected chi connectivity index (χ2v) is 12.4. The van der Waals surface area contributed by atoms with Gasteiger partial charge >= 0.3 is 59.1 Å². The van der Waals surface area contributed by atoms with E-state index in [-0.39, 0.29) is 69.7 Å². The van der Waals surface area contributed by atoms with E-state index in [0.717, 1.165) is 5.56 Å². The number of hydrogen-bond acceptors (Lipinski definition) is 11. The molecule has 40 heavy (non-hydrogen) atoms. The number of rotatable bonds is 7. The minimum Gasteiger partial charge on any atom is -0.744 e. The van der Waals surface area contributed by atoms with E-state index in [2.05, 4.69) is 15.0 Å². The van der Waals surface area contributed by atoms with Crippen molar-refractivity contribution in [1.29, 1.82) is 0 Å². The topological polar surface area (TPSA) is 206 Å². The minimum absolute atomic E-state index is 0. The number of azo groups is 1. The zero-order chi connectivity index (χ0) is 27.9. The van der Waals surface area contributed by atoms with Crippen LogP contribution in [0.25, 0.3) is 10.8 Å². The van der Waals surface area contributed by atoms with Crippen LogP contribution in [0.1, 0.15) is 5.56 Å². The number of phenolic OH excluding ortho intramolecular Hbond substituents is 1. The Labute approximate surface area is 274 Å². The van der Waals surface area contributed by atoms with Gasteiger partial charge in [0.2, 0.25) is 0 Å². The number of anilines is 1. The van der Waals surface area contributed by atoms with Crippen molar-refractivity contribution in [2.75, 3.05) is 4.72 Å². The Morgan fingerprint density at radius 3 is 1.90 bits per heavy atom. The zero-order valence-corrected chi connectivity index (χ0v) is 27.7. The molecule has 0 radical (unpaired) electrons.